The topological polar surface area (TPSA) is 96.4 Å². The molecule has 1 aromatic heterocycles. The second kappa shape index (κ2) is 8.79. The van der Waals surface area contributed by atoms with Crippen LogP contribution in [0, 0.1) is 12.7 Å². The van der Waals surface area contributed by atoms with Crippen LogP contribution in [-0.4, -0.2) is 43.1 Å². The molecule has 7 nitrogen and oxygen atoms in total. The number of ether oxygens (including phenoxy) is 1. The highest BCUT2D eigenvalue weighted by Gasteiger charge is 2.30. The van der Waals surface area contributed by atoms with E-state index in [1.54, 1.807) is 12.1 Å². The van der Waals surface area contributed by atoms with Crippen LogP contribution in [0.3, 0.4) is 0 Å². The fraction of sp³-hybridized carbons (Fsp3) is 0.375. The van der Waals surface area contributed by atoms with Crippen molar-refractivity contribution in [3.63, 3.8) is 0 Å². The van der Waals surface area contributed by atoms with E-state index in [1.165, 1.54) is 24.7 Å². The van der Waals surface area contributed by atoms with Crippen LogP contribution < -0.4 is 14.8 Å². The molecule has 0 saturated heterocycles. The Hall–Kier alpha value is -2.91. The minimum Gasteiger partial charge on any atom is -0.488 e. The zero-order chi connectivity index (χ0) is 23.8. The number of aliphatic hydroxyl groups is 1. The highest BCUT2D eigenvalue weighted by Crippen LogP contribution is 2.36. The lowest BCUT2D eigenvalue weighted by atomic mass is 9.85. The molecule has 9 heteroatoms. The Kier molecular flexibility index (Phi) is 6.20. The van der Waals surface area contributed by atoms with Crippen LogP contribution in [0.25, 0.3) is 10.9 Å². The summed E-state index contributed by atoms with van der Waals surface area (Å²) in [5.74, 6) is 4.19. The fourth-order valence-corrected chi connectivity index (χ4v) is 4.75. The van der Waals surface area contributed by atoms with Gasteiger partial charge in [-0.3, -0.25) is 0 Å². The predicted molar refractivity (Wildman–Crippen MR) is 132 cm³/mol. The number of halogens is 1. The molecule has 0 aliphatic heterocycles. The summed E-state index contributed by atoms with van der Waals surface area (Å²) in [7, 11) is -2.43. The summed E-state index contributed by atoms with van der Waals surface area (Å²) >= 11 is 0. The third kappa shape index (κ3) is 5.72. The lowest BCUT2D eigenvalue weighted by Gasteiger charge is -2.33. The smallest absolute Gasteiger partial charge is 0.146 e. The Morgan fingerprint density at radius 3 is 2.67 bits per heavy atom. The second-order valence-electron chi connectivity index (χ2n) is 9.10. The number of aryl methyl sites for hydroxylation is 1. The van der Waals surface area contributed by atoms with Crippen molar-refractivity contribution in [3.05, 3.63) is 48.0 Å². The zero-order valence-corrected chi connectivity index (χ0v) is 19.8. The summed E-state index contributed by atoms with van der Waals surface area (Å²) in [5, 5.41) is 14.3. The van der Waals surface area contributed by atoms with E-state index in [4.69, 9.17) is 4.74 Å². The largest absolute Gasteiger partial charge is 0.488 e. The van der Waals surface area contributed by atoms with Crippen LogP contribution in [0.5, 0.6) is 5.75 Å². The number of aromatic nitrogens is 2. The van der Waals surface area contributed by atoms with Gasteiger partial charge in [-0.05, 0) is 75.2 Å². The highest BCUT2D eigenvalue weighted by atomic mass is 32.2. The van der Waals surface area contributed by atoms with Gasteiger partial charge < -0.3 is 19.9 Å². The van der Waals surface area contributed by atoms with Crippen molar-refractivity contribution in [1.29, 1.82) is 0 Å². The maximum absolute atomic E-state index is 14.1. The zero-order valence-electron chi connectivity index (χ0n) is 19.0. The van der Waals surface area contributed by atoms with E-state index >= 15 is 0 Å². The number of nitrogens with one attached hydrogen (secondary N) is 2. The number of rotatable bonds is 6. The standard InChI is InChI=1S/C24H29FN4O3S/c1-15-11-17(29-33(3,4)31)13-20-22(15)23(27-14-26-20)28-19-6-5-16(25)12-21(19)32-18-7-9-24(2,30)10-8-18/h5-6,11-14,18,30H,3,7-10H2,1-2,4H3,(H,29,31)(H,26,27,28). The molecule has 1 heterocycles. The molecule has 1 unspecified atom stereocenters. The first-order valence-corrected chi connectivity index (χ1v) is 12.9. The number of anilines is 3. The maximum Gasteiger partial charge on any atom is 0.146 e. The van der Waals surface area contributed by atoms with Gasteiger partial charge in [0, 0.05) is 33.1 Å². The van der Waals surface area contributed by atoms with Gasteiger partial charge >= 0.3 is 0 Å². The second-order valence-corrected chi connectivity index (χ2v) is 11.3. The Balaban J connectivity index is 1.64. The van der Waals surface area contributed by atoms with Gasteiger partial charge in [0.25, 0.3) is 0 Å². The summed E-state index contributed by atoms with van der Waals surface area (Å²) in [5.41, 5.74) is 2.11. The van der Waals surface area contributed by atoms with Gasteiger partial charge in [0.05, 0.1) is 22.9 Å². The number of benzene rings is 2. The highest BCUT2D eigenvalue weighted by molar-refractivity contribution is 8.00. The molecular formula is C24H29FN4O3S. The average molecular weight is 473 g/mol. The number of hydrogen-bond acceptors (Lipinski definition) is 6. The van der Waals surface area contributed by atoms with Crippen molar-refractivity contribution in [2.45, 2.75) is 51.2 Å². The molecule has 3 N–H and O–H groups in total. The molecule has 176 valence electrons. The minimum atomic E-state index is -2.43. The molecule has 3 aromatic rings. The van der Waals surface area contributed by atoms with Crippen molar-refractivity contribution in [2.75, 3.05) is 16.3 Å². The third-order valence-corrected chi connectivity index (χ3v) is 6.44. The van der Waals surface area contributed by atoms with E-state index in [2.05, 4.69) is 25.9 Å². The molecule has 33 heavy (non-hydrogen) atoms. The molecule has 0 bridgehead atoms. The summed E-state index contributed by atoms with van der Waals surface area (Å²) in [6, 6.07) is 8.00. The Morgan fingerprint density at radius 1 is 1.24 bits per heavy atom. The summed E-state index contributed by atoms with van der Waals surface area (Å²) < 4.78 is 35.2. The summed E-state index contributed by atoms with van der Waals surface area (Å²) in [4.78, 5) is 8.76. The van der Waals surface area contributed by atoms with Gasteiger partial charge in [-0.2, -0.15) is 0 Å². The van der Waals surface area contributed by atoms with E-state index < -0.39 is 21.1 Å². The molecule has 1 saturated carbocycles. The van der Waals surface area contributed by atoms with Gasteiger partial charge in [-0.15, -0.1) is 0 Å². The van der Waals surface area contributed by atoms with Gasteiger partial charge in [-0.1, -0.05) is 0 Å². The maximum atomic E-state index is 14.1. The summed E-state index contributed by atoms with van der Waals surface area (Å²) in [6.07, 6.45) is 5.54. The number of nitrogens with zero attached hydrogens (tertiary/aromatic N) is 2. The molecule has 2 aromatic carbocycles. The fourth-order valence-electron chi connectivity index (χ4n) is 4.13. The van der Waals surface area contributed by atoms with Crippen LogP contribution in [0.4, 0.5) is 21.6 Å². The molecule has 1 fully saturated rings. The number of fused-ring (bicyclic) bond motifs is 1. The minimum absolute atomic E-state index is 0.100. The van der Waals surface area contributed by atoms with Crippen LogP contribution in [-0.2, 0) is 9.71 Å². The van der Waals surface area contributed by atoms with Crippen molar-refractivity contribution >= 4 is 43.7 Å². The molecular weight excluding hydrogens is 443 g/mol. The lowest BCUT2D eigenvalue weighted by molar-refractivity contribution is -0.0107. The van der Waals surface area contributed by atoms with E-state index in [-0.39, 0.29) is 6.10 Å². The Bertz CT molecular complexity index is 1280. The molecule has 0 spiro atoms. The van der Waals surface area contributed by atoms with Gasteiger partial charge in [-0.25, -0.2) is 18.6 Å². The third-order valence-electron chi connectivity index (χ3n) is 5.77. The first-order valence-electron chi connectivity index (χ1n) is 10.8. The Labute approximate surface area is 193 Å². The normalized spacial score (nSPS) is 22.5. The van der Waals surface area contributed by atoms with Gasteiger partial charge in [0.1, 0.15) is 23.7 Å². The SMILES string of the molecule is C=S(C)(=O)Nc1cc(C)c2c(Nc3ccc(F)cc3OC3CCC(C)(O)CC3)ncnc2c1. The molecule has 1 atom stereocenters. The van der Waals surface area contributed by atoms with Gasteiger partial charge in [0.15, 0.2) is 0 Å². The molecule has 0 amide bonds. The average Bonchev–Trinajstić information content (AvgIpc) is 2.70. The van der Waals surface area contributed by atoms with Crippen molar-refractivity contribution < 1.29 is 18.4 Å². The van der Waals surface area contributed by atoms with Crippen molar-refractivity contribution in [3.8, 4) is 5.75 Å². The number of hydrogen-bond donors (Lipinski definition) is 3. The van der Waals surface area contributed by atoms with Crippen LogP contribution in [0.1, 0.15) is 38.2 Å². The predicted octanol–water partition coefficient (Wildman–Crippen LogP) is 4.57. The lowest BCUT2D eigenvalue weighted by Crippen LogP contribution is -2.34. The quantitative estimate of drug-likeness (QED) is 0.455. The van der Waals surface area contributed by atoms with E-state index in [0.29, 0.717) is 54.1 Å². The Morgan fingerprint density at radius 2 is 1.97 bits per heavy atom. The van der Waals surface area contributed by atoms with Crippen LogP contribution in [0.15, 0.2) is 36.7 Å². The first kappa shape index (κ1) is 23.3. The van der Waals surface area contributed by atoms with Gasteiger partial charge in [0.2, 0.25) is 0 Å². The summed E-state index contributed by atoms with van der Waals surface area (Å²) in [6.45, 7) is 3.75. The van der Waals surface area contributed by atoms with E-state index in [0.717, 1.165) is 10.9 Å². The van der Waals surface area contributed by atoms with E-state index in [1.807, 2.05) is 19.9 Å². The van der Waals surface area contributed by atoms with Crippen molar-refractivity contribution in [2.24, 2.45) is 0 Å². The first-order chi connectivity index (χ1) is 15.5. The molecule has 4 rings (SSSR count). The monoisotopic (exact) mass is 472 g/mol. The molecule has 0 radical (unpaired) electrons. The van der Waals surface area contributed by atoms with E-state index in [9.17, 15) is 13.7 Å². The molecule has 1 aliphatic carbocycles. The van der Waals surface area contributed by atoms with Crippen molar-refractivity contribution in [1.82, 2.24) is 9.97 Å². The van der Waals surface area contributed by atoms with Crippen LogP contribution >= 0.6 is 0 Å². The van der Waals surface area contributed by atoms with Crippen LogP contribution in [0.2, 0.25) is 0 Å². The molecule has 1 aliphatic rings.